The van der Waals surface area contributed by atoms with Crippen LogP contribution < -0.4 is 16.6 Å². The Morgan fingerprint density at radius 3 is 2.59 bits per heavy atom. The summed E-state index contributed by atoms with van der Waals surface area (Å²) in [6.45, 7) is 5.75. The number of nitrogens with zero attached hydrogens (tertiary/aromatic N) is 5. The minimum atomic E-state index is -0.659. The maximum atomic E-state index is 14.0. The lowest BCUT2D eigenvalue weighted by Crippen LogP contribution is -2.33. The van der Waals surface area contributed by atoms with Gasteiger partial charge in [-0.05, 0) is 37.3 Å². The van der Waals surface area contributed by atoms with E-state index in [4.69, 9.17) is 10.7 Å². The molecule has 0 radical (unpaired) electrons. The van der Waals surface area contributed by atoms with Crippen LogP contribution >= 0.6 is 0 Å². The van der Waals surface area contributed by atoms with Crippen molar-refractivity contribution >= 4 is 28.3 Å². The first-order valence-corrected chi connectivity index (χ1v) is 11.9. The molecule has 0 bridgehead atoms. The molecule has 5 aromatic rings. The first-order valence-electron chi connectivity index (χ1n) is 11.9. The number of nitrogens with two attached hydrogens (primary N) is 1. The van der Waals surface area contributed by atoms with Crippen LogP contribution in [0.2, 0.25) is 0 Å². The number of amides is 1. The molecule has 37 heavy (non-hydrogen) atoms. The van der Waals surface area contributed by atoms with Crippen LogP contribution in [0.1, 0.15) is 48.6 Å². The van der Waals surface area contributed by atoms with Gasteiger partial charge in [0.25, 0.3) is 11.5 Å². The fourth-order valence-corrected chi connectivity index (χ4v) is 4.15. The predicted molar refractivity (Wildman–Crippen MR) is 142 cm³/mol. The molecule has 0 fully saturated rings. The maximum absolute atomic E-state index is 14.0. The lowest BCUT2D eigenvalue weighted by atomic mass is 10.1. The van der Waals surface area contributed by atoms with Gasteiger partial charge in [-0.2, -0.15) is 0 Å². The van der Waals surface area contributed by atoms with E-state index in [1.165, 1.54) is 9.08 Å². The second kappa shape index (κ2) is 9.59. The summed E-state index contributed by atoms with van der Waals surface area (Å²) in [6, 6.07) is 15.7. The van der Waals surface area contributed by atoms with Crippen molar-refractivity contribution in [3.05, 3.63) is 94.3 Å². The first-order chi connectivity index (χ1) is 17.8. The van der Waals surface area contributed by atoms with E-state index in [0.29, 0.717) is 33.6 Å². The highest BCUT2D eigenvalue weighted by Gasteiger charge is 2.24. The summed E-state index contributed by atoms with van der Waals surface area (Å²) in [5, 5.41) is 7.52. The minimum absolute atomic E-state index is 0.0590. The van der Waals surface area contributed by atoms with Crippen LogP contribution in [-0.4, -0.2) is 30.1 Å². The lowest BCUT2D eigenvalue weighted by Gasteiger charge is -2.20. The molecule has 1 amide bonds. The van der Waals surface area contributed by atoms with E-state index in [1.807, 2.05) is 56.3 Å². The van der Waals surface area contributed by atoms with E-state index >= 15 is 0 Å². The largest absolute Gasteiger partial charge is 0.381 e. The standard InChI is InChI=1S/C28H25N7O2/c1-17(2)13-14-19-9-7-12-21-22(19)28(37)35(20-10-5-4-6-11-20)25(32-21)18(3)31-27(36)23-24(29)33-34-16-8-15-30-26(23)34/h4-12,15-18H,1-3H3,(H2,29,33)(H,31,36)/t18-/m0/s1. The van der Waals surface area contributed by atoms with Gasteiger partial charge in [0, 0.05) is 23.9 Å². The SMILES string of the molecule is CC(C)C#Cc1cccc2nc([C@H](C)NC(=O)c3c(N)nn4cccnc34)n(-c3ccccc3)c(=O)c12. The van der Waals surface area contributed by atoms with E-state index in [9.17, 15) is 9.59 Å². The van der Waals surface area contributed by atoms with E-state index in [0.717, 1.165) is 0 Å². The normalized spacial score (nSPS) is 11.9. The zero-order valence-electron chi connectivity index (χ0n) is 20.6. The summed E-state index contributed by atoms with van der Waals surface area (Å²) in [5.41, 5.74) is 8.01. The number of hydrogen-bond donors (Lipinski definition) is 2. The predicted octanol–water partition coefficient (Wildman–Crippen LogP) is 3.51. The van der Waals surface area contributed by atoms with Crippen molar-refractivity contribution in [3.8, 4) is 17.5 Å². The average molecular weight is 492 g/mol. The first kappa shape index (κ1) is 23.8. The molecular weight excluding hydrogens is 466 g/mol. The number of nitrogen functional groups attached to an aromatic ring is 1. The number of aromatic nitrogens is 5. The molecule has 3 N–H and O–H groups in total. The Hall–Kier alpha value is -4.97. The van der Waals surface area contributed by atoms with E-state index in [2.05, 4.69) is 27.2 Å². The third-order valence-electron chi connectivity index (χ3n) is 5.82. The Morgan fingerprint density at radius 1 is 1.05 bits per heavy atom. The van der Waals surface area contributed by atoms with Crippen LogP contribution in [0.3, 0.4) is 0 Å². The van der Waals surface area contributed by atoms with Crippen molar-refractivity contribution in [3.63, 3.8) is 0 Å². The summed E-state index contributed by atoms with van der Waals surface area (Å²) >= 11 is 0. The molecule has 2 aromatic carbocycles. The van der Waals surface area contributed by atoms with Crippen molar-refractivity contribution in [1.82, 2.24) is 29.5 Å². The Labute approximate surface area is 213 Å². The second-order valence-electron chi connectivity index (χ2n) is 8.91. The zero-order chi connectivity index (χ0) is 26.1. The molecule has 184 valence electrons. The smallest absolute Gasteiger partial charge is 0.267 e. The molecule has 9 nitrogen and oxygen atoms in total. The van der Waals surface area contributed by atoms with Crippen LogP contribution in [0.4, 0.5) is 5.82 Å². The van der Waals surface area contributed by atoms with Gasteiger partial charge in [0.1, 0.15) is 11.4 Å². The Balaban J connectivity index is 1.66. The van der Waals surface area contributed by atoms with E-state index in [-0.39, 0.29) is 22.9 Å². The molecule has 0 aliphatic rings. The van der Waals surface area contributed by atoms with Crippen LogP contribution in [0.25, 0.3) is 22.2 Å². The van der Waals surface area contributed by atoms with Crippen molar-refractivity contribution in [2.24, 2.45) is 5.92 Å². The molecule has 3 aromatic heterocycles. The average Bonchev–Trinajstić information content (AvgIpc) is 3.23. The summed E-state index contributed by atoms with van der Waals surface area (Å²) in [7, 11) is 0. The number of fused-ring (bicyclic) bond motifs is 2. The zero-order valence-corrected chi connectivity index (χ0v) is 20.6. The monoisotopic (exact) mass is 491 g/mol. The molecule has 0 unspecified atom stereocenters. The molecule has 0 aliphatic heterocycles. The van der Waals surface area contributed by atoms with Crippen molar-refractivity contribution in [2.45, 2.75) is 26.8 Å². The number of para-hydroxylation sites is 1. The molecule has 5 rings (SSSR count). The highest BCUT2D eigenvalue weighted by molar-refractivity contribution is 6.04. The lowest BCUT2D eigenvalue weighted by molar-refractivity contribution is 0.0940. The van der Waals surface area contributed by atoms with Gasteiger partial charge in [-0.15, -0.1) is 5.10 Å². The van der Waals surface area contributed by atoms with Gasteiger partial charge in [-0.1, -0.05) is 50.0 Å². The van der Waals surface area contributed by atoms with Crippen LogP contribution in [-0.2, 0) is 0 Å². The third-order valence-corrected chi connectivity index (χ3v) is 5.82. The topological polar surface area (TPSA) is 120 Å². The van der Waals surface area contributed by atoms with Gasteiger partial charge in [0.05, 0.1) is 22.6 Å². The summed E-state index contributed by atoms with van der Waals surface area (Å²) in [5.74, 6) is 6.37. The summed E-state index contributed by atoms with van der Waals surface area (Å²) in [6.07, 6.45) is 3.23. The molecule has 0 saturated carbocycles. The number of hydrogen-bond acceptors (Lipinski definition) is 6. The van der Waals surface area contributed by atoms with Gasteiger partial charge >= 0.3 is 0 Å². The molecule has 9 heteroatoms. The van der Waals surface area contributed by atoms with Crippen LogP contribution in [0.15, 0.2) is 71.8 Å². The molecule has 0 spiro atoms. The fourth-order valence-electron chi connectivity index (χ4n) is 4.15. The molecule has 3 heterocycles. The van der Waals surface area contributed by atoms with Gasteiger partial charge < -0.3 is 11.1 Å². The van der Waals surface area contributed by atoms with E-state index in [1.54, 1.807) is 31.5 Å². The summed E-state index contributed by atoms with van der Waals surface area (Å²) < 4.78 is 2.97. The minimum Gasteiger partial charge on any atom is -0.381 e. The van der Waals surface area contributed by atoms with Crippen LogP contribution in [0, 0.1) is 17.8 Å². The van der Waals surface area contributed by atoms with Gasteiger partial charge in [-0.25, -0.2) is 14.5 Å². The third kappa shape index (κ3) is 4.41. The number of anilines is 1. The number of benzene rings is 2. The number of rotatable bonds is 4. The fraction of sp³-hybridized carbons (Fsp3) is 0.179. The number of nitrogens with one attached hydrogen (secondary N) is 1. The Kier molecular flexibility index (Phi) is 6.15. The summed E-state index contributed by atoms with van der Waals surface area (Å²) in [4.78, 5) is 36.3. The van der Waals surface area contributed by atoms with Crippen molar-refractivity contribution < 1.29 is 4.79 Å². The second-order valence-corrected chi connectivity index (χ2v) is 8.91. The quantitative estimate of drug-likeness (QED) is 0.371. The maximum Gasteiger partial charge on any atom is 0.267 e. The molecule has 0 saturated heterocycles. The Bertz CT molecular complexity index is 1760. The van der Waals surface area contributed by atoms with Crippen LogP contribution in [0.5, 0.6) is 0 Å². The van der Waals surface area contributed by atoms with Gasteiger partial charge in [-0.3, -0.25) is 14.2 Å². The van der Waals surface area contributed by atoms with Crippen molar-refractivity contribution in [1.29, 1.82) is 0 Å². The Morgan fingerprint density at radius 2 is 1.84 bits per heavy atom. The van der Waals surface area contributed by atoms with E-state index < -0.39 is 11.9 Å². The number of carbonyl (C=O) groups is 1. The molecule has 1 atom stereocenters. The highest BCUT2D eigenvalue weighted by atomic mass is 16.2. The molecule has 0 aliphatic carbocycles. The van der Waals surface area contributed by atoms with Gasteiger partial charge in [0.2, 0.25) is 0 Å². The van der Waals surface area contributed by atoms with Gasteiger partial charge in [0.15, 0.2) is 11.5 Å². The molecular formula is C28H25N7O2. The van der Waals surface area contributed by atoms with Crippen molar-refractivity contribution in [2.75, 3.05) is 5.73 Å². The highest BCUT2D eigenvalue weighted by Crippen LogP contribution is 2.22. The number of carbonyl (C=O) groups excluding carboxylic acids is 1.